The van der Waals surface area contributed by atoms with E-state index < -0.39 is 0 Å². The van der Waals surface area contributed by atoms with Crippen LogP contribution in [0.1, 0.15) is 18.4 Å². The number of nitrogen functional groups attached to an aromatic ring is 1. The molecule has 0 saturated carbocycles. The van der Waals surface area contributed by atoms with Crippen molar-refractivity contribution in [3.05, 3.63) is 23.8 Å². The van der Waals surface area contributed by atoms with Gasteiger partial charge >= 0.3 is 0 Å². The van der Waals surface area contributed by atoms with E-state index in [1.165, 1.54) is 0 Å². The van der Waals surface area contributed by atoms with Crippen molar-refractivity contribution in [1.29, 1.82) is 0 Å². The molecule has 4 nitrogen and oxygen atoms in total. The van der Waals surface area contributed by atoms with Crippen LogP contribution in [0.5, 0.6) is 5.75 Å². The van der Waals surface area contributed by atoms with Crippen LogP contribution in [0.4, 0.5) is 5.69 Å². The van der Waals surface area contributed by atoms with Crippen LogP contribution in [0.15, 0.2) is 18.2 Å². The second kappa shape index (κ2) is 4.43. The van der Waals surface area contributed by atoms with E-state index >= 15 is 0 Å². The SMILES string of the molecule is Cc1cc(N)ccc1OCC1CCC(=O)N1. The van der Waals surface area contributed by atoms with Crippen LogP contribution in [-0.2, 0) is 4.79 Å². The van der Waals surface area contributed by atoms with E-state index in [4.69, 9.17) is 10.5 Å². The quantitative estimate of drug-likeness (QED) is 0.753. The summed E-state index contributed by atoms with van der Waals surface area (Å²) in [4.78, 5) is 11.0. The molecule has 0 bridgehead atoms. The fourth-order valence-electron chi connectivity index (χ4n) is 1.83. The van der Waals surface area contributed by atoms with Gasteiger partial charge in [-0.05, 0) is 37.1 Å². The summed E-state index contributed by atoms with van der Waals surface area (Å²) in [6, 6.07) is 5.70. The summed E-state index contributed by atoms with van der Waals surface area (Å²) in [6.07, 6.45) is 1.46. The average Bonchev–Trinajstić information content (AvgIpc) is 2.63. The summed E-state index contributed by atoms with van der Waals surface area (Å²) in [5.74, 6) is 0.943. The van der Waals surface area contributed by atoms with Gasteiger partial charge in [0, 0.05) is 12.1 Å². The number of rotatable bonds is 3. The lowest BCUT2D eigenvalue weighted by Crippen LogP contribution is -2.30. The van der Waals surface area contributed by atoms with E-state index in [1.807, 2.05) is 25.1 Å². The zero-order valence-corrected chi connectivity index (χ0v) is 9.32. The number of hydrogen-bond donors (Lipinski definition) is 2. The highest BCUT2D eigenvalue weighted by molar-refractivity contribution is 5.78. The van der Waals surface area contributed by atoms with Crippen LogP contribution in [0.25, 0.3) is 0 Å². The molecule has 1 aromatic carbocycles. The van der Waals surface area contributed by atoms with Crippen molar-refractivity contribution in [2.24, 2.45) is 0 Å². The lowest BCUT2D eigenvalue weighted by atomic mass is 10.2. The molecule has 0 aliphatic carbocycles. The maximum absolute atomic E-state index is 11.0. The summed E-state index contributed by atoms with van der Waals surface area (Å²) >= 11 is 0. The van der Waals surface area contributed by atoms with Gasteiger partial charge < -0.3 is 15.8 Å². The van der Waals surface area contributed by atoms with E-state index in [0.717, 1.165) is 23.4 Å². The van der Waals surface area contributed by atoms with Crippen molar-refractivity contribution < 1.29 is 9.53 Å². The van der Waals surface area contributed by atoms with Crippen LogP contribution in [0.3, 0.4) is 0 Å². The first-order chi connectivity index (χ1) is 7.65. The molecule has 1 aliphatic heterocycles. The predicted molar refractivity (Wildman–Crippen MR) is 62.3 cm³/mol. The molecule has 1 heterocycles. The normalized spacial score (nSPS) is 19.6. The Morgan fingerprint density at radius 2 is 2.38 bits per heavy atom. The molecule has 3 N–H and O–H groups in total. The monoisotopic (exact) mass is 220 g/mol. The van der Waals surface area contributed by atoms with Gasteiger partial charge in [-0.25, -0.2) is 0 Å². The zero-order valence-electron chi connectivity index (χ0n) is 9.32. The van der Waals surface area contributed by atoms with E-state index in [-0.39, 0.29) is 11.9 Å². The highest BCUT2D eigenvalue weighted by atomic mass is 16.5. The molecule has 0 radical (unpaired) electrons. The average molecular weight is 220 g/mol. The first-order valence-corrected chi connectivity index (χ1v) is 5.43. The number of carbonyl (C=O) groups is 1. The molecule has 1 unspecified atom stereocenters. The number of aryl methyl sites for hydroxylation is 1. The van der Waals surface area contributed by atoms with Gasteiger partial charge in [-0.15, -0.1) is 0 Å². The lowest BCUT2D eigenvalue weighted by molar-refractivity contribution is -0.119. The molecule has 1 atom stereocenters. The van der Waals surface area contributed by atoms with Gasteiger partial charge in [0.25, 0.3) is 0 Å². The van der Waals surface area contributed by atoms with Gasteiger partial charge in [0.15, 0.2) is 0 Å². The number of nitrogens with two attached hydrogens (primary N) is 1. The van der Waals surface area contributed by atoms with Gasteiger partial charge in [0.1, 0.15) is 12.4 Å². The number of benzene rings is 1. The van der Waals surface area contributed by atoms with E-state index in [2.05, 4.69) is 5.32 Å². The summed E-state index contributed by atoms with van der Waals surface area (Å²) in [5.41, 5.74) is 7.40. The van der Waals surface area contributed by atoms with Crippen LogP contribution >= 0.6 is 0 Å². The maximum Gasteiger partial charge on any atom is 0.220 e. The topological polar surface area (TPSA) is 64.3 Å². The Hall–Kier alpha value is -1.71. The fraction of sp³-hybridized carbons (Fsp3) is 0.417. The van der Waals surface area contributed by atoms with Crippen LogP contribution in [0, 0.1) is 6.92 Å². The Labute approximate surface area is 94.8 Å². The molecule has 1 amide bonds. The molecule has 0 spiro atoms. The van der Waals surface area contributed by atoms with Gasteiger partial charge in [-0.3, -0.25) is 4.79 Å². The Kier molecular flexibility index (Phi) is 2.99. The van der Waals surface area contributed by atoms with Crippen LogP contribution in [-0.4, -0.2) is 18.6 Å². The summed E-state index contributed by atoms with van der Waals surface area (Å²) in [6.45, 7) is 2.48. The molecular weight excluding hydrogens is 204 g/mol. The minimum Gasteiger partial charge on any atom is -0.491 e. The molecule has 1 saturated heterocycles. The molecular formula is C12H16N2O2. The molecule has 0 aromatic heterocycles. The Bertz CT molecular complexity index is 404. The highest BCUT2D eigenvalue weighted by Crippen LogP contribution is 2.20. The molecule has 86 valence electrons. The van der Waals surface area contributed by atoms with Crippen molar-refractivity contribution >= 4 is 11.6 Å². The third kappa shape index (κ3) is 2.45. The molecule has 4 heteroatoms. The smallest absolute Gasteiger partial charge is 0.220 e. The minimum atomic E-state index is 0.114. The third-order valence-electron chi connectivity index (χ3n) is 2.72. The van der Waals surface area contributed by atoms with Crippen molar-refractivity contribution in [2.45, 2.75) is 25.8 Å². The number of carbonyl (C=O) groups excluding carboxylic acids is 1. The Morgan fingerprint density at radius 1 is 1.56 bits per heavy atom. The number of anilines is 1. The van der Waals surface area contributed by atoms with Gasteiger partial charge in [0.05, 0.1) is 6.04 Å². The van der Waals surface area contributed by atoms with Crippen LogP contribution in [0.2, 0.25) is 0 Å². The number of ether oxygens (including phenoxy) is 1. The van der Waals surface area contributed by atoms with E-state index in [9.17, 15) is 4.79 Å². The second-order valence-electron chi connectivity index (χ2n) is 4.14. The summed E-state index contributed by atoms with van der Waals surface area (Å²) in [7, 11) is 0. The van der Waals surface area contributed by atoms with Crippen molar-refractivity contribution in [3.8, 4) is 5.75 Å². The fourth-order valence-corrected chi connectivity index (χ4v) is 1.83. The third-order valence-corrected chi connectivity index (χ3v) is 2.72. The maximum atomic E-state index is 11.0. The molecule has 1 fully saturated rings. The van der Waals surface area contributed by atoms with Crippen molar-refractivity contribution in [1.82, 2.24) is 5.32 Å². The van der Waals surface area contributed by atoms with Gasteiger partial charge in [0.2, 0.25) is 5.91 Å². The molecule has 1 aromatic rings. The highest BCUT2D eigenvalue weighted by Gasteiger charge is 2.21. The van der Waals surface area contributed by atoms with E-state index in [1.54, 1.807) is 0 Å². The summed E-state index contributed by atoms with van der Waals surface area (Å²) < 4.78 is 5.65. The number of nitrogens with one attached hydrogen (secondary N) is 1. The second-order valence-corrected chi connectivity index (χ2v) is 4.14. The standard InChI is InChI=1S/C12H16N2O2/c1-8-6-9(13)2-4-11(8)16-7-10-3-5-12(15)14-10/h2,4,6,10H,3,5,7,13H2,1H3,(H,14,15). The van der Waals surface area contributed by atoms with Crippen molar-refractivity contribution in [3.63, 3.8) is 0 Å². The van der Waals surface area contributed by atoms with Gasteiger partial charge in [-0.2, -0.15) is 0 Å². The minimum absolute atomic E-state index is 0.114. The largest absolute Gasteiger partial charge is 0.491 e. The predicted octanol–water partition coefficient (Wildman–Crippen LogP) is 1.23. The number of hydrogen-bond acceptors (Lipinski definition) is 3. The van der Waals surface area contributed by atoms with E-state index in [0.29, 0.717) is 13.0 Å². The zero-order chi connectivity index (χ0) is 11.5. The lowest BCUT2D eigenvalue weighted by Gasteiger charge is -2.13. The molecule has 1 aliphatic rings. The molecule has 2 rings (SSSR count). The van der Waals surface area contributed by atoms with Crippen molar-refractivity contribution in [2.75, 3.05) is 12.3 Å². The van der Waals surface area contributed by atoms with Crippen LogP contribution < -0.4 is 15.8 Å². The summed E-state index contributed by atoms with van der Waals surface area (Å²) in [5, 5.41) is 2.87. The number of amides is 1. The first-order valence-electron chi connectivity index (χ1n) is 5.43. The Balaban J connectivity index is 1.92. The molecule has 16 heavy (non-hydrogen) atoms. The Morgan fingerprint density at radius 3 is 3.00 bits per heavy atom. The van der Waals surface area contributed by atoms with Gasteiger partial charge in [-0.1, -0.05) is 0 Å². The first kappa shape index (κ1) is 10.8.